The minimum atomic E-state index is -0.892. The molecule has 2 amide bonds. The summed E-state index contributed by atoms with van der Waals surface area (Å²) < 4.78 is 14.9. The van der Waals surface area contributed by atoms with E-state index in [0.717, 1.165) is 19.3 Å². The number of amides is 2. The minimum absolute atomic E-state index is 0.117. The Kier molecular flexibility index (Phi) is 5.66. The predicted molar refractivity (Wildman–Crippen MR) is 117 cm³/mol. The van der Waals surface area contributed by atoms with Gasteiger partial charge in [-0.05, 0) is 63.3 Å². The van der Waals surface area contributed by atoms with Crippen molar-refractivity contribution in [3.63, 3.8) is 0 Å². The van der Waals surface area contributed by atoms with Gasteiger partial charge in [0.15, 0.2) is 11.4 Å². The van der Waals surface area contributed by atoms with Gasteiger partial charge in [0.1, 0.15) is 17.5 Å². The Morgan fingerprint density at radius 3 is 2.75 bits per heavy atom. The van der Waals surface area contributed by atoms with E-state index in [0.29, 0.717) is 24.2 Å². The highest BCUT2D eigenvalue weighted by Gasteiger charge is 2.40. The lowest BCUT2D eigenvalue weighted by Crippen LogP contribution is -2.63. The molecule has 1 saturated heterocycles. The minimum Gasteiger partial charge on any atom is -0.502 e. The molecule has 0 saturated carbocycles. The van der Waals surface area contributed by atoms with Gasteiger partial charge in [0.25, 0.3) is 11.8 Å². The van der Waals surface area contributed by atoms with Crippen LogP contribution in [0, 0.1) is 12.7 Å². The van der Waals surface area contributed by atoms with Crippen molar-refractivity contribution < 1.29 is 19.1 Å². The number of aromatic nitrogens is 1. The van der Waals surface area contributed by atoms with E-state index < -0.39 is 29.0 Å². The molecule has 2 aliphatic heterocycles. The number of halogens is 1. The van der Waals surface area contributed by atoms with E-state index in [1.165, 1.54) is 23.0 Å². The van der Waals surface area contributed by atoms with Gasteiger partial charge in [-0.1, -0.05) is 6.07 Å². The number of pyridine rings is 1. The molecule has 2 aromatic rings. The molecular formula is C23H27FN4O4. The highest BCUT2D eigenvalue weighted by molar-refractivity contribution is 5.99. The highest BCUT2D eigenvalue weighted by atomic mass is 19.1. The third-order valence-electron chi connectivity index (χ3n) is 6.34. The van der Waals surface area contributed by atoms with Crippen LogP contribution in [-0.2, 0) is 0 Å². The molecule has 2 atom stereocenters. The van der Waals surface area contributed by atoms with E-state index in [-0.39, 0.29) is 23.2 Å². The van der Waals surface area contributed by atoms with Crippen molar-refractivity contribution in [3.8, 4) is 5.75 Å². The molecule has 2 aliphatic rings. The van der Waals surface area contributed by atoms with Crippen molar-refractivity contribution in [1.29, 1.82) is 0 Å². The summed E-state index contributed by atoms with van der Waals surface area (Å²) in [6, 6.07) is 3.78. The average molecular weight is 442 g/mol. The zero-order valence-corrected chi connectivity index (χ0v) is 18.4. The second-order valence-electron chi connectivity index (χ2n) is 8.34. The molecule has 32 heavy (non-hydrogen) atoms. The summed E-state index contributed by atoms with van der Waals surface area (Å²) in [6.45, 7) is 6.41. The lowest BCUT2D eigenvalue weighted by atomic mass is 10.0. The van der Waals surface area contributed by atoms with Gasteiger partial charge in [-0.15, -0.1) is 0 Å². The third kappa shape index (κ3) is 3.51. The normalized spacial score (nSPS) is 18.8. The lowest BCUT2D eigenvalue weighted by molar-refractivity contribution is 0.0534. The van der Waals surface area contributed by atoms with E-state index in [1.54, 1.807) is 24.8 Å². The Bertz CT molecular complexity index is 1150. The smallest absolute Gasteiger partial charge is 0.278 e. The number of carbonyl (C=O) groups excluding carboxylic acids is 2. The summed E-state index contributed by atoms with van der Waals surface area (Å²) >= 11 is 0. The maximum absolute atomic E-state index is 13.4. The zero-order valence-electron chi connectivity index (χ0n) is 18.4. The second kappa shape index (κ2) is 8.29. The topological polar surface area (TPSA) is 94.9 Å². The summed E-state index contributed by atoms with van der Waals surface area (Å²) in [7, 11) is 0. The molecule has 2 N–H and O–H groups in total. The molecule has 8 nitrogen and oxygen atoms in total. The number of hydrogen-bond donors (Lipinski definition) is 2. The van der Waals surface area contributed by atoms with Crippen LogP contribution in [0.4, 0.5) is 4.39 Å². The van der Waals surface area contributed by atoms with Gasteiger partial charge in [0.05, 0.1) is 6.04 Å². The van der Waals surface area contributed by atoms with Gasteiger partial charge in [0, 0.05) is 19.3 Å². The summed E-state index contributed by atoms with van der Waals surface area (Å²) in [5, 5.41) is 15.3. The molecule has 4 rings (SSSR count). The molecule has 9 heteroatoms. The first-order valence-corrected chi connectivity index (χ1v) is 10.9. The first-order valence-electron chi connectivity index (χ1n) is 10.9. The SMILES string of the molecule is CCN1C(=O)c2c(O)c(=O)c(C(=O)N[C@@H](C)c3ccc(F)cc3C)cn2N2CCCC[C@@H]12. The van der Waals surface area contributed by atoms with E-state index in [1.807, 2.05) is 11.9 Å². The molecule has 0 radical (unpaired) electrons. The molecule has 170 valence electrons. The van der Waals surface area contributed by atoms with E-state index >= 15 is 0 Å². The first-order chi connectivity index (χ1) is 15.2. The van der Waals surface area contributed by atoms with Crippen LogP contribution < -0.4 is 15.8 Å². The van der Waals surface area contributed by atoms with Crippen LogP contribution in [-0.4, -0.2) is 45.8 Å². The fourth-order valence-electron chi connectivity index (χ4n) is 4.72. The summed E-state index contributed by atoms with van der Waals surface area (Å²) in [5.74, 6) is -2.19. The van der Waals surface area contributed by atoms with Crippen LogP contribution in [0.25, 0.3) is 0 Å². The quantitative estimate of drug-likeness (QED) is 0.758. The van der Waals surface area contributed by atoms with Crippen molar-refractivity contribution in [3.05, 3.63) is 62.8 Å². The number of rotatable bonds is 4. The Morgan fingerprint density at radius 1 is 1.31 bits per heavy atom. The second-order valence-corrected chi connectivity index (χ2v) is 8.34. The van der Waals surface area contributed by atoms with Gasteiger partial charge in [-0.2, -0.15) is 0 Å². The van der Waals surface area contributed by atoms with Crippen LogP contribution in [0.5, 0.6) is 5.75 Å². The standard InChI is InChI=1S/C23H27FN4O4/c1-4-26-18-7-5-6-10-27(18)28-12-17(20(29)21(30)19(28)23(26)32)22(31)25-14(3)16-9-8-15(24)11-13(16)2/h8-9,11-12,14,18,30H,4-7,10H2,1-3H3,(H,25,31)/t14-,18-/m0/s1. The fraction of sp³-hybridized carbons (Fsp3) is 0.435. The van der Waals surface area contributed by atoms with Crippen molar-refractivity contribution in [2.75, 3.05) is 18.1 Å². The number of carbonyl (C=O) groups is 2. The zero-order chi connectivity index (χ0) is 23.2. The molecule has 1 aromatic heterocycles. The maximum atomic E-state index is 13.4. The summed E-state index contributed by atoms with van der Waals surface area (Å²) in [4.78, 5) is 40.5. The van der Waals surface area contributed by atoms with Crippen LogP contribution >= 0.6 is 0 Å². The first kappa shape index (κ1) is 21.9. The molecule has 3 heterocycles. The van der Waals surface area contributed by atoms with Gasteiger partial charge in [-0.25, -0.2) is 4.39 Å². The molecule has 0 bridgehead atoms. The largest absolute Gasteiger partial charge is 0.502 e. The van der Waals surface area contributed by atoms with E-state index in [4.69, 9.17) is 0 Å². The molecule has 0 aliphatic carbocycles. The van der Waals surface area contributed by atoms with Gasteiger partial charge >= 0.3 is 0 Å². The summed E-state index contributed by atoms with van der Waals surface area (Å²) in [5.41, 5.74) is 0.127. The number of hydrogen-bond acceptors (Lipinski definition) is 5. The van der Waals surface area contributed by atoms with Crippen LogP contribution in [0.2, 0.25) is 0 Å². The molecule has 0 unspecified atom stereocenters. The number of benzene rings is 1. The number of piperidine rings is 1. The lowest BCUT2D eigenvalue weighted by Gasteiger charge is -2.48. The monoisotopic (exact) mass is 442 g/mol. The van der Waals surface area contributed by atoms with Gasteiger partial charge < -0.3 is 15.3 Å². The number of fused-ring (bicyclic) bond motifs is 3. The molecular weight excluding hydrogens is 415 g/mol. The van der Waals surface area contributed by atoms with Crippen molar-refractivity contribution in [1.82, 2.24) is 14.9 Å². The van der Waals surface area contributed by atoms with E-state index in [9.17, 15) is 23.9 Å². The number of nitrogens with one attached hydrogen (secondary N) is 1. The van der Waals surface area contributed by atoms with Crippen molar-refractivity contribution in [2.45, 2.75) is 52.2 Å². The fourth-order valence-corrected chi connectivity index (χ4v) is 4.72. The Balaban J connectivity index is 1.72. The van der Waals surface area contributed by atoms with Crippen molar-refractivity contribution >= 4 is 11.8 Å². The maximum Gasteiger partial charge on any atom is 0.278 e. The number of aromatic hydroxyl groups is 1. The van der Waals surface area contributed by atoms with Gasteiger partial charge in [0.2, 0.25) is 5.43 Å². The average Bonchev–Trinajstić information content (AvgIpc) is 2.75. The van der Waals surface area contributed by atoms with Crippen LogP contribution in [0.3, 0.4) is 0 Å². The Labute approximate surface area is 185 Å². The third-order valence-corrected chi connectivity index (χ3v) is 6.34. The predicted octanol–water partition coefficient (Wildman–Crippen LogP) is 2.42. The highest BCUT2D eigenvalue weighted by Crippen LogP contribution is 2.29. The van der Waals surface area contributed by atoms with Crippen molar-refractivity contribution in [2.24, 2.45) is 0 Å². The Hall–Kier alpha value is -3.36. The van der Waals surface area contributed by atoms with E-state index in [2.05, 4.69) is 5.32 Å². The van der Waals surface area contributed by atoms with Crippen LogP contribution in [0.15, 0.2) is 29.2 Å². The summed E-state index contributed by atoms with van der Waals surface area (Å²) in [6.07, 6.45) is 3.80. The van der Waals surface area contributed by atoms with Gasteiger partial charge in [-0.3, -0.25) is 24.1 Å². The number of nitrogens with zero attached hydrogens (tertiary/aromatic N) is 3. The molecule has 1 aromatic carbocycles. The molecule has 0 spiro atoms. The molecule has 1 fully saturated rings. The van der Waals surface area contributed by atoms with Crippen LogP contribution in [0.1, 0.15) is 71.1 Å². The number of aryl methyl sites for hydroxylation is 1. The Morgan fingerprint density at radius 2 is 2.06 bits per heavy atom.